The fraction of sp³-hybridized carbons (Fsp3) is 0.417. The summed E-state index contributed by atoms with van der Waals surface area (Å²) < 4.78 is 38.9. The number of benzene rings is 1. The summed E-state index contributed by atoms with van der Waals surface area (Å²) >= 11 is 0. The number of ketones is 1. The third-order valence-electron chi connectivity index (χ3n) is 3.00. The molecule has 86 valence electrons. The van der Waals surface area contributed by atoms with E-state index in [0.717, 1.165) is 12.8 Å². The fourth-order valence-electron chi connectivity index (χ4n) is 2.12. The maximum Gasteiger partial charge on any atom is 0.168 e. The second kappa shape index (κ2) is 4.28. The average molecular weight is 228 g/mol. The Kier molecular flexibility index (Phi) is 2.99. The lowest BCUT2D eigenvalue weighted by atomic mass is 9.96. The Bertz CT molecular complexity index is 423. The van der Waals surface area contributed by atoms with E-state index in [-0.39, 0.29) is 11.5 Å². The van der Waals surface area contributed by atoms with Gasteiger partial charge in [-0.05, 0) is 18.9 Å². The second-order valence-electron chi connectivity index (χ2n) is 4.09. The summed E-state index contributed by atoms with van der Waals surface area (Å²) in [7, 11) is 0. The minimum Gasteiger partial charge on any atom is -0.294 e. The molecule has 1 aliphatic rings. The molecular formula is C12H11F3O. The Morgan fingerprint density at radius 3 is 2.19 bits per heavy atom. The van der Waals surface area contributed by atoms with Crippen molar-refractivity contribution in [1.82, 2.24) is 0 Å². The first-order chi connectivity index (χ1) is 7.59. The molecule has 0 aliphatic heterocycles. The molecule has 16 heavy (non-hydrogen) atoms. The Balaban J connectivity index is 2.32. The van der Waals surface area contributed by atoms with Crippen LogP contribution in [0.1, 0.15) is 36.0 Å². The first-order valence-electron chi connectivity index (χ1n) is 5.28. The van der Waals surface area contributed by atoms with Crippen LogP contribution in [0.2, 0.25) is 0 Å². The molecule has 1 aromatic carbocycles. The van der Waals surface area contributed by atoms with Gasteiger partial charge in [-0.25, -0.2) is 13.2 Å². The average Bonchev–Trinajstić information content (AvgIpc) is 2.75. The quantitative estimate of drug-likeness (QED) is 0.559. The molecule has 0 atom stereocenters. The van der Waals surface area contributed by atoms with E-state index in [1.807, 2.05) is 0 Å². The van der Waals surface area contributed by atoms with Crippen molar-refractivity contribution in [2.24, 2.45) is 5.92 Å². The van der Waals surface area contributed by atoms with Crippen LogP contribution in [-0.2, 0) is 0 Å². The van der Waals surface area contributed by atoms with Crippen molar-refractivity contribution in [2.45, 2.75) is 25.7 Å². The number of halogens is 3. The van der Waals surface area contributed by atoms with Crippen molar-refractivity contribution in [2.75, 3.05) is 0 Å². The van der Waals surface area contributed by atoms with E-state index in [0.29, 0.717) is 25.0 Å². The largest absolute Gasteiger partial charge is 0.294 e. The van der Waals surface area contributed by atoms with Crippen LogP contribution < -0.4 is 0 Å². The highest BCUT2D eigenvalue weighted by molar-refractivity contribution is 5.98. The second-order valence-corrected chi connectivity index (χ2v) is 4.09. The zero-order valence-corrected chi connectivity index (χ0v) is 8.60. The van der Waals surface area contributed by atoms with Crippen molar-refractivity contribution >= 4 is 5.78 Å². The van der Waals surface area contributed by atoms with Crippen molar-refractivity contribution < 1.29 is 18.0 Å². The lowest BCUT2D eigenvalue weighted by Gasteiger charge is -2.08. The molecule has 0 radical (unpaired) electrons. The van der Waals surface area contributed by atoms with Gasteiger partial charge in [-0.2, -0.15) is 0 Å². The molecule has 1 nitrogen and oxygen atoms in total. The van der Waals surface area contributed by atoms with E-state index >= 15 is 0 Å². The number of carbonyl (C=O) groups is 1. The van der Waals surface area contributed by atoms with Gasteiger partial charge in [0.1, 0.15) is 5.82 Å². The van der Waals surface area contributed by atoms with E-state index < -0.39 is 23.2 Å². The summed E-state index contributed by atoms with van der Waals surface area (Å²) in [4.78, 5) is 11.8. The van der Waals surface area contributed by atoms with Crippen LogP contribution in [0.25, 0.3) is 0 Å². The van der Waals surface area contributed by atoms with Crippen LogP contribution in [0.5, 0.6) is 0 Å². The highest BCUT2D eigenvalue weighted by Crippen LogP contribution is 2.29. The van der Waals surface area contributed by atoms with Crippen LogP contribution in [0.4, 0.5) is 13.2 Å². The maximum atomic E-state index is 13.3. The Morgan fingerprint density at radius 2 is 1.56 bits per heavy atom. The highest BCUT2D eigenvalue weighted by Gasteiger charge is 2.26. The molecule has 1 aliphatic carbocycles. The SMILES string of the molecule is O=C(c1cc(F)c(F)cc1F)C1CCCC1. The van der Waals surface area contributed by atoms with E-state index in [9.17, 15) is 18.0 Å². The third kappa shape index (κ3) is 1.96. The van der Waals surface area contributed by atoms with Crippen LogP contribution in [0.3, 0.4) is 0 Å². The molecule has 4 heteroatoms. The number of carbonyl (C=O) groups excluding carboxylic acids is 1. The molecule has 0 amide bonds. The zero-order valence-electron chi connectivity index (χ0n) is 8.60. The standard InChI is InChI=1S/C12H11F3O/c13-9-6-11(15)10(14)5-8(9)12(16)7-3-1-2-4-7/h5-7H,1-4H2. The van der Waals surface area contributed by atoms with E-state index in [1.165, 1.54) is 0 Å². The number of hydrogen-bond donors (Lipinski definition) is 0. The summed E-state index contributed by atoms with van der Waals surface area (Å²) in [5, 5.41) is 0. The first kappa shape index (κ1) is 11.2. The van der Waals surface area contributed by atoms with Gasteiger partial charge < -0.3 is 0 Å². The molecule has 2 rings (SSSR count). The lowest BCUT2D eigenvalue weighted by Crippen LogP contribution is -2.13. The van der Waals surface area contributed by atoms with Gasteiger partial charge in [0, 0.05) is 12.0 Å². The normalized spacial score (nSPS) is 16.7. The van der Waals surface area contributed by atoms with Crippen molar-refractivity contribution in [3.05, 3.63) is 35.1 Å². The molecule has 0 bridgehead atoms. The van der Waals surface area contributed by atoms with Crippen LogP contribution >= 0.6 is 0 Å². The van der Waals surface area contributed by atoms with E-state index in [1.54, 1.807) is 0 Å². The summed E-state index contributed by atoms with van der Waals surface area (Å²) in [6.07, 6.45) is 3.28. The zero-order chi connectivity index (χ0) is 11.7. The first-order valence-corrected chi connectivity index (χ1v) is 5.28. The molecular weight excluding hydrogens is 217 g/mol. The highest BCUT2D eigenvalue weighted by atomic mass is 19.2. The number of Topliss-reactive ketones (excluding diaryl/α,β-unsaturated/α-hetero) is 1. The van der Waals surface area contributed by atoms with Crippen LogP contribution in [0, 0.1) is 23.4 Å². The Morgan fingerprint density at radius 1 is 1.00 bits per heavy atom. The topological polar surface area (TPSA) is 17.1 Å². The van der Waals surface area contributed by atoms with Gasteiger partial charge in [0.2, 0.25) is 0 Å². The molecule has 1 saturated carbocycles. The molecule has 0 saturated heterocycles. The minimum absolute atomic E-state index is 0.237. The van der Waals surface area contributed by atoms with Gasteiger partial charge in [-0.3, -0.25) is 4.79 Å². The smallest absolute Gasteiger partial charge is 0.168 e. The van der Waals surface area contributed by atoms with Crippen molar-refractivity contribution in [3.8, 4) is 0 Å². The van der Waals surface area contributed by atoms with Crippen LogP contribution in [0.15, 0.2) is 12.1 Å². The molecule has 0 unspecified atom stereocenters. The lowest BCUT2D eigenvalue weighted by molar-refractivity contribution is 0.0918. The number of rotatable bonds is 2. The van der Waals surface area contributed by atoms with Gasteiger partial charge in [-0.15, -0.1) is 0 Å². The van der Waals surface area contributed by atoms with Crippen molar-refractivity contribution in [3.63, 3.8) is 0 Å². The molecule has 0 spiro atoms. The van der Waals surface area contributed by atoms with Crippen LogP contribution in [-0.4, -0.2) is 5.78 Å². The van der Waals surface area contributed by atoms with Gasteiger partial charge in [-0.1, -0.05) is 12.8 Å². The summed E-state index contributed by atoms with van der Waals surface area (Å²) in [6, 6.07) is 1.09. The molecule has 1 fully saturated rings. The fourth-order valence-corrected chi connectivity index (χ4v) is 2.12. The Labute approximate surface area is 91.3 Å². The monoisotopic (exact) mass is 228 g/mol. The van der Waals surface area contributed by atoms with Gasteiger partial charge in [0.15, 0.2) is 17.4 Å². The van der Waals surface area contributed by atoms with E-state index in [2.05, 4.69) is 0 Å². The predicted octanol–water partition coefficient (Wildman–Crippen LogP) is 3.48. The minimum atomic E-state index is -1.26. The van der Waals surface area contributed by atoms with Gasteiger partial charge in [0.25, 0.3) is 0 Å². The van der Waals surface area contributed by atoms with Crippen molar-refractivity contribution in [1.29, 1.82) is 0 Å². The molecule has 0 N–H and O–H groups in total. The summed E-state index contributed by atoms with van der Waals surface area (Å²) in [5.74, 6) is -4.06. The predicted molar refractivity (Wildman–Crippen MR) is 52.6 cm³/mol. The maximum absolute atomic E-state index is 13.3. The Hall–Kier alpha value is -1.32. The summed E-state index contributed by atoms with van der Waals surface area (Å²) in [5.41, 5.74) is -0.328. The van der Waals surface area contributed by atoms with Gasteiger partial charge >= 0.3 is 0 Å². The molecule has 0 aromatic heterocycles. The molecule has 0 heterocycles. The third-order valence-corrected chi connectivity index (χ3v) is 3.00. The summed E-state index contributed by atoms with van der Waals surface area (Å²) in [6.45, 7) is 0. The molecule has 1 aromatic rings. The number of hydrogen-bond acceptors (Lipinski definition) is 1. The van der Waals surface area contributed by atoms with E-state index in [4.69, 9.17) is 0 Å². The van der Waals surface area contributed by atoms with Gasteiger partial charge in [0.05, 0.1) is 5.56 Å².